The van der Waals surface area contributed by atoms with Crippen molar-refractivity contribution in [2.24, 2.45) is 29.6 Å². The molecule has 3 heteroatoms. The fourth-order valence-electron chi connectivity index (χ4n) is 5.13. The van der Waals surface area contributed by atoms with E-state index in [2.05, 4.69) is 18.8 Å². The average molecular weight is 364 g/mol. The van der Waals surface area contributed by atoms with Crippen LogP contribution in [-0.4, -0.2) is 0 Å². The van der Waals surface area contributed by atoms with Crippen LogP contribution in [0.2, 0.25) is 0 Å². The van der Waals surface area contributed by atoms with Gasteiger partial charge in [-0.3, -0.25) is 0 Å². The van der Waals surface area contributed by atoms with E-state index < -0.39 is 23.4 Å². The van der Waals surface area contributed by atoms with E-state index in [1.165, 1.54) is 51.4 Å². The number of halogens is 3. The van der Waals surface area contributed by atoms with Gasteiger partial charge in [0.25, 0.3) is 0 Å². The normalized spacial score (nSPS) is 35.5. The number of hydrogen-bond acceptors (Lipinski definition) is 0. The van der Waals surface area contributed by atoms with Crippen LogP contribution in [0.4, 0.5) is 13.2 Å². The second-order valence-electron chi connectivity index (χ2n) is 8.51. The molecule has 3 aliphatic carbocycles. The van der Waals surface area contributed by atoms with Crippen molar-refractivity contribution in [2.45, 2.75) is 77.6 Å². The van der Waals surface area contributed by atoms with Crippen LogP contribution >= 0.6 is 0 Å². The summed E-state index contributed by atoms with van der Waals surface area (Å²) in [6.45, 7) is 2.28. The molecule has 0 saturated heterocycles. The molecule has 2 saturated carbocycles. The third kappa shape index (κ3) is 4.96. The van der Waals surface area contributed by atoms with E-state index in [1.54, 1.807) is 0 Å². The second-order valence-corrected chi connectivity index (χ2v) is 8.51. The van der Waals surface area contributed by atoms with Gasteiger partial charge in [-0.05, 0) is 62.4 Å². The third-order valence-electron chi connectivity index (χ3n) is 6.69. The Kier molecular flexibility index (Phi) is 6.90. The van der Waals surface area contributed by atoms with Crippen LogP contribution in [0.1, 0.15) is 77.6 Å². The topological polar surface area (TPSA) is 0 Å². The minimum absolute atomic E-state index is 0.136. The largest absolute Gasteiger partial charge is 0.208 e. The van der Waals surface area contributed by atoms with Gasteiger partial charge in [0.15, 0.2) is 11.7 Å². The van der Waals surface area contributed by atoms with E-state index in [9.17, 15) is 13.2 Å². The Hall–Kier alpha value is -1.17. The molecular formula is C23H31F3. The molecule has 0 N–H and O–H groups in total. The molecule has 0 aromatic heterocycles. The Bertz CT molecular complexity index is 591. The molecule has 1 atom stereocenters. The molecule has 1 unspecified atom stereocenters. The highest BCUT2D eigenvalue weighted by molar-refractivity contribution is 5.31. The Morgan fingerprint density at radius 1 is 0.885 bits per heavy atom. The maximum Gasteiger partial charge on any atom is 0.189 e. The maximum absolute atomic E-state index is 13.3. The van der Waals surface area contributed by atoms with Crippen molar-refractivity contribution in [2.75, 3.05) is 0 Å². The van der Waals surface area contributed by atoms with E-state index >= 15 is 0 Å². The predicted octanol–water partition coefficient (Wildman–Crippen LogP) is 7.43. The first-order valence-corrected chi connectivity index (χ1v) is 10.5. The molecule has 0 bridgehead atoms. The Morgan fingerprint density at radius 3 is 2.08 bits per heavy atom. The highest BCUT2D eigenvalue weighted by Crippen LogP contribution is 2.42. The molecule has 0 spiro atoms. The number of allylic oxidation sites excluding steroid dienone is 4. The smallest absolute Gasteiger partial charge is 0.189 e. The summed E-state index contributed by atoms with van der Waals surface area (Å²) in [5.74, 6) is 5.25. The van der Waals surface area contributed by atoms with Crippen molar-refractivity contribution >= 4 is 0 Å². The summed E-state index contributed by atoms with van der Waals surface area (Å²) in [5.41, 5.74) is 0. The lowest BCUT2D eigenvalue weighted by atomic mass is 9.69. The van der Waals surface area contributed by atoms with Gasteiger partial charge in [0, 0.05) is 18.3 Å². The highest BCUT2D eigenvalue weighted by Gasteiger charge is 2.30. The van der Waals surface area contributed by atoms with Crippen molar-refractivity contribution < 1.29 is 13.2 Å². The minimum atomic E-state index is -1.35. The first-order chi connectivity index (χ1) is 12.6. The molecule has 2 fully saturated rings. The van der Waals surface area contributed by atoms with Crippen LogP contribution in [0.3, 0.4) is 0 Å². The first-order valence-electron chi connectivity index (χ1n) is 10.5. The van der Waals surface area contributed by atoms with Gasteiger partial charge >= 0.3 is 0 Å². The van der Waals surface area contributed by atoms with Crippen LogP contribution in [0.25, 0.3) is 0 Å². The summed E-state index contributed by atoms with van der Waals surface area (Å²) in [6.07, 6.45) is 14.0. The van der Waals surface area contributed by atoms with E-state index in [1.807, 2.05) is 0 Å². The van der Waals surface area contributed by atoms with Crippen molar-refractivity contribution in [1.29, 1.82) is 0 Å². The summed E-state index contributed by atoms with van der Waals surface area (Å²) < 4.78 is 39.7. The SMILES string of the molecule is CCCC1CCC(C2CCC(C#CC3C=C(F)C(F)=C(F)C3)CC2)CC1. The Balaban J connectivity index is 1.44. The lowest BCUT2D eigenvalue weighted by Crippen LogP contribution is -2.25. The quantitative estimate of drug-likeness (QED) is 0.457. The van der Waals surface area contributed by atoms with E-state index in [0.717, 1.165) is 36.7 Å². The van der Waals surface area contributed by atoms with Gasteiger partial charge in [-0.1, -0.05) is 44.4 Å². The van der Waals surface area contributed by atoms with E-state index in [0.29, 0.717) is 5.92 Å². The van der Waals surface area contributed by atoms with Gasteiger partial charge in [0.2, 0.25) is 0 Å². The number of rotatable bonds is 3. The molecule has 0 heterocycles. The summed E-state index contributed by atoms with van der Waals surface area (Å²) in [6, 6.07) is 0. The fraction of sp³-hybridized carbons (Fsp3) is 0.739. The van der Waals surface area contributed by atoms with Crippen LogP contribution in [0.5, 0.6) is 0 Å². The molecule has 0 aromatic rings. The van der Waals surface area contributed by atoms with E-state index in [-0.39, 0.29) is 6.42 Å². The molecule has 0 radical (unpaired) electrons. The average Bonchev–Trinajstić information content (AvgIpc) is 2.66. The summed E-state index contributed by atoms with van der Waals surface area (Å²) >= 11 is 0. The van der Waals surface area contributed by atoms with Gasteiger partial charge in [0.05, 0.1) is 0 Å². The van der Waals surface area contributed by atoms with Crippen LogP contribution in [0, 0.1) is 41.4 Å². The van der Waals surface area contributed by atoms with Gasteiger partial charge in [-0.15, -0.1) is 0 Å². The summed E-state index contributed by atoms with van der Waals surface area (Å²) in [5, 5.41) is 0. The molecule has 0 aliphatic heterocycles. The van der Waals surface area contributed by atoms with Crippen molar-refractivity contribution in [3.63, 3.8) is 0 Å². The molecule has 144 valence electrons. The third-order valence-corrected chi connectivity index (χ3v) is 6.69. The summed E-state index contributed by atoms with van der Waals surface area (Å²) in [4.78, 5) is 0. The standard InChI is InChI=1S/C23H31F3/c1-2-3-16-6-10-19(11-7-16)20-12-8-17(9-13-20)4-5-18-14-21(24)23(26)22(25)15-18/h14,16-20H,2-3,6-13,15H2,1H3. The second kappa shape index (κ2) is 9.16. The Morgan fingerprint density at radius 2 is 1.50 bits per heavy atom. The van der Waals surface area contributed by atoms with Crippen LogP contribution in [-0.2, 0) is 0 Å². The first kappa shape index (κ1) is 19.6. The van der Waals surface area contributed by atoms with Crippen molar-refractivity contribution in [3.05, 3.63) is 23.6 Å². The fourth-order valence-corrected chi connectivity index (χ4v) is 5.13. The highest BCUT2D eigenvalue weighted by atomic mass is 19.2. The van der Waals surface area contributed by atoms with Gasteiger partial charge in [0.1, 0.15) is 5.83 Å². The molecule has 0 aromatic carbocycles. The zero-order valence-electron chi connectivity index (χ0n) is 15.9. The Labute approximate surface area is 156 Å². The van der Waals surface area contributed by atoms with Gasteiger partial charge in [-0.25, -0.2) is 13.2 Å². The van der Waals surface area contributed by atoms with Crippen LogP contribution in [0.15, 0.2) is 23.6 Å². The monoisotopic (exact) mass is 364 g/mol. The summed E-state index contributed by atoms with van der Waals surface area (Å²) in [7, 11) is 0. The lowest BCUT2D eigenvalue weighted by Gasteiger charge is -2.37. The van der Waals surface area contributed by atoms with Crippen molar-refractivity contribution in [1.82, 2.24) is 0 Å². The van der Waals surface area contributed by atoms with Crippen molar-refractivity contribution in [3.8, 4) is 11.8 Å². The van der Waals surface area contributed by atoms with Gasteiger partial charge in [-0.2, -0.15) is 0 Å². The predicted molar refractivity (Wildman–Crippen MR) is 100 cm³/mol. The molecule has 0 nitrogen and oxygen atoms in total. The lowest BCUT2D eigenvalue weighted by molar-refractivity contribution is 0.154. The zero-order chi connectivity index (χ0) is 18.5. The molecule has 26 heavy (non-hydrogen) atoms. The zero-order valence-corrected chi connectivity index (χ0v) is 15.9. The van der Waals surface area contributed by atoms with Gasteiger partial charge < -0.3 is 0 Å². The maximum atomic E-state index is 13.3. The molecule has 3 aliphatic rings. The minimum Gasteiger partial charge on any atom is -0.208 e. The van der Waals surface area contributed by atoms with Crippen LogP contribution < -0.4 is 0 Å². The number of hydrogen-bond donors (Lipinski definition) is 0. The van der Waals surface area contributed by atoms with E-state index in [4.69, 9.17) is 0 Å². The molecule has 0 amide bonds. The molecule has 3 rings (SSSR count). The molecular weight excluding hydrogens is 333 g/mol.